The Morgan fingerprint density at radius 2 is 2.35 bits per heavy atom. The molecule has 0 aliphatic carbocycles. The topological polar surface area (TPSA) is 55.6 Å². The zero-order chi connectivity index (χ0) is 12.4. The van der Waals surface area contributed by atoms with Crippen molar-refractivity contribution >= 4 is 17.5 Å². The largest absolute Gasteiger partial charge is 0.495 e. The predicted molar refractivity (Wildman–Crippen MR) is 66.1 cm³/mol. The van der Waals surface area contributed by atoms with Crippen molar-refractivity contribution in [1.29, 1.82) is 0 Å². The van der Waals surface area contributed by atoms with E-state index >= 15 is 0 Å². The van der Waals surface area contributed by atoms with E-state index in [1.807, 2.05) is 18.2 Å². The molecule has 1 aromatic carbocycles. The third kappa shape index (κ3) is 2.23. The number of carbonyl (C=O) groups excluding carboxylic acids is 1. The highest BCUT2D eigenvalue weighted by Crippen LogP contribution is 2.37. The van der Waals surface area contributed by atoms with Crippen LogP contribution in [0.1, 0.15) is 18.0 Å². The minimum absolute atomic E-state index is 0.106. The number of hydrogen-bond donors (Lipinski definition) is 1. The van der Waals surface area contributed by atoms with Crippen LogP contribution in [0.3, 0.4) is 0 Å². The molecule has 2 rings (SSSR count). The van der Waals surface area contributed by atoms with Crippen LogP contribution in [0.2, 0.25) is 5.02 Å². The summed E-state index contributed by atoms with van der Waals surface area (Å²) >= 11 is 6.06. The highest BCUT2D eigenvalue weighted by atomic mass is 35.5. The number of carbonyl (C=O) groups is 1. The van der Waals surface area contributed by atoms with E-state index in [9.17, 15) is 4.79 Å². The number of nitrogens with zero attached hydrogens (tertiary/aromatic N) is 1. The van der Waals surface area contributed by atoms with Gasteiger partial charge in [-0.05, 0) is 17.7 Å². The second-order valence-corrected chi connectivity index (χ2v) is 4.40. The normalized spacial score (nSPS) is 19.1. The Hall–Kier alpha value is -1.26. The molecule has 92 valence electrons. The number of likely N-dealkylation sites (tertiary alicyclic amines) is 1. The summed E-state index contributed by atoms with van der Waals surface area (Å²) in [5, 5.41) is 0.567. The third-order valence-corrected chi connectivity index (χ3v) is 3.29. The molecule has 0 radical (unpaired) electrons. The lowest BCUT2D eigenvalue weighted by molar-refractivity contribution is -0.146. The lowest BCUT2D eigenvalue weighted by atomic mass is 9.94. The first kappa shape index (κ1) is 12.2. The third-order valence-electron chi connectivity index (χ3n) is 3.00. The Balaban J connectivity index is 2.18. The van der Waals surface area contributed by atoms with Crippen molar-refractivity contribution in [1.82, 2.24) is 4.90 Å². The zero-order valence-electron chi connectivity index (χ0n) is 9.65. The summed E-state index contributed by atoms with van der Waals surface area (Å²) in [7, 11) is 1.58. The van der Waals surface area contributed by atoms with Gasteiger partial charge in [0.05, 0.1) is 24.6 Å². The number of methoxy groups -OCH3 is 1. The number of amides is 1. The van der Waals surface area contributed by atoms with E-state index in [0.717, 1.165) is 5.56 Å². The van der Waals surface area contributed by atoms with Gasteiger partial charge in [-0.3, -0.25) is 4.79 Å². The van der Waals surface area contributed by atoms with Crippen LogP contribution >= 0.6 is 11.6 Å². The molecule has 1 unspecified atom stereocenters. The van der Waals surface area contributed by atoms with Gasteiger partial charge in [-0.15, -0.1) is 0 Å². The average molecular weight is 255 g/mol. The Bertz CT molecular complexity index is 437. The number of halogens is 1. The standard InChI is InChI=1S/C12H15ClN2O2/c1-17-11-3-2-8(6-9(11)13)10-7-12(16)15(10)5-4-14/h2-3,6,10H,4-5,7,14H2,1H3. The van der Waals surface area contributed by atoms with Gasteiger partial charge in [-0.2, -0.15) is 0 Å². The Morgan fingerprint density at radius 3 is 2.88 bits per heavy atom. The summed E-state index contributed by atoms with van der Waals surface area (Å²) in [5.41, 5.74) is 6.51. The van der Waals surface area contributed by atoms with Crippen molar-refractivity contribution in [2.24, 2.45) is 5.73 Å². The van der Waals surface area contributed by atoms with Crippen LogP contribution in [0, 0.1) is 0 Å². The van der Waals surface area contributed by atoms with Crippen LogP contribution in [0.4, 0.5) is 0 Å². The van der Waals surface area contributed by atoms with Crippen LogP contribution in [0.5, 0.6) is 5.75 Å². The van der Waals surface area contributed by atoms with E-state index in [1.54, 1.807) is 12.0 Å². The van der Waals surface area contributed by atoms with Crippen molar-refractivity contribution in [3.05, 3.63) is 28.8 Å². The Morgan fingerprint density at radius 1 is 1.59 bits per heavy atom. The van der Waals surface area contributed by atoms with Crippen molar-refractivity contribution in [3.8, 4) is 5.75 Å². The molecule has 1 atom stereocenters. The smallest absolute Gasteiger partial charge is 0.225 e. The quantitative estimate of drug-likeness (QED) is 0.830. The van der Waals surface area contributed by atoms with E-state index < -0.39 is 0 Å². The van der Waals surface area contributed by atoms with Crippen molar-refractivity contribution in [2.45, 2.75) is 12.5 Å². The van der Waals surface area contributed by atoms with Crippen LogP contribution in [-0.4, -0.2) is 31.0 Å². The van der Waals surface area contributed by atoms with E-state index in [1.165, 1.54) is 0 Å². The van der Waals surface area contributed by atoms with Gasteiger partial charge >= 0.3 is 0 Å². The maximum atomic E-state index is 11.4. The zero-order valence-corrected chi connectivity index (χ0v) is 10.4. The number of nitrogens with two attached hydrogens (primary N) is 1. The van der Waals surface area contributed by atoms with Crippen LogP contribution in [-0.2, 0) is 4.79 Å². The molecular formula is C12H15ClN2O2. The SMILES string of the molecule is COc1ccc(C2CC(=O)N2CCN)cc1Cl. The van der Waals surface area contributed by atoms with Crippen molar-refractivity contribution < 1.29 is 9.53 Å². The highest BCUT2D eigenvalue weighted by molar-refractivity contribution is 6.32. The molecule has 1 aliphatic heterocycles. The summed E-state index contributed by atoms with van der Waals surface area (Å²) < 4.78 is 5.09. The van der Waals surface area contributed by atoms with E-state index in [-0.39, 0.29) is 11.9 Å². The minimum atomic E-state index is 0.106. The molecule has 0 bridgehead atoms. The number of ether oxygens (including phenoxy) is 1. The molecule has 1 aliphatic rings. The molecule has 4 nitrogen and oxygen atoms in total. The van der Waals surface area contributed by atoms with E-state index in [4.69, 9.17) is 22.1 Å². The number of β-lactam (4-membered cyclic amide) rings is 1. The van der Waals surface area contributed by atoms with Gasteiger partial charge in [0.15, 0.2) is 0 Å². The predicted octanol–water partition coefficient (Wildman–Crippen LogP) is 1.58. The van der Waals surface area contributed by atoms with Gasteiger partial charge in [-0.25, -0.2) is 0 Å². The van der Waals surface area contributed by atoms with E-state index in [0.29, 0.717) is 30.3 Å². The summed E-state index contributed by atoms with van der Waals surface area (Å²) in [4.78, 5) is 13.2. The first-order valence-electron chi connectivity index (χ1n) is 5.50. The van der Waals surface area contributed by atoms with Gasteiger partial charge in [0.1, 0.15) is 5.75 Å². The lowest BCUT2D eigenvalue weighted by Gasteiger charge is -2.40. The van der Waals surface area contributed by atoms with Gasteiger partial charge in [0.25, 0.3) is 0 Å². The fraction of sp³-hybridized carbons (Fsp3) is 0.417. The van der Waals surface area contributed by atoms with Crippen LogP contribution < -0.4 is 10.5 Å². The number of rotatable bonds is 4. The summed E-state index contributed by atoms with van der Waals surface area (Å²) in [5.74, 6) is 0.791. The first-order valence-corrected chi connectivity index (χ1v) is 5.88. The lowest BCUT2D eigenvalue weighted by Crippen LogP contribution is -2.48. The molecular weight excluding hydrogens is 240 g/mol. The second-order valence-electron chi connectivity index (χ2n) is 3.99. The van der Waals surface area contributed by atoms with Gasteiger partial charge in [-0.1, -0.05) is 17.7 Å². The monoisotopic (exact) mass is 254 g/mol. The van der Waals surface area contributed by atoms with Gasteiger partial charge in [0.2, 0.25) is 5.91 Å². The molecule has 0 saturated carbocycles. The summed E-state index contributed by atoms with van der Waals surface area (Å²) in [6.07, 6.45) is 0.530. The molecule has 0 spiro atoms. The molecule has 0 aromatic heterocycles. The molecule has 1 saturated heterocycles. The van der Waals surface area contributed by atoms with E-state index in [2.05, 4.69) is 0 Å². The summed E-state index contributed by atoms with van der Waals surface area (Å²) in [6, 6.07) is 5.71. The molecule has 1 amide bonds. The Labute approximate surface area is 105 Å². The summed E-state index contributed by atoms with van der Waals surface area (Å²) in [6.45, 7) is 1.07. The maximum Gasteiger partial charge on any atom is 0.225 e. The van der Waals surface area contributed by atoms with Crippen LogP contribution in [0.25, 0.3) is 0 Å². The minimum Gasteiger partial charge on any atom is -0.495 e. The van der Waals surface area contributed by atoms with Crippen molar-refractivity contribution in [3.63, 3.8) is 0 Å². The molecule has 17 heavy (non-hydrogen) atoms. The molecule has 2 N–H and O–H groups in total. The molecule has 1 aromatic rings. The highest BCUT2D eigenvalue weighted by Gasteiger charge is 2.36. The number of hydrogen-bond acceptors (Lipinski definition) is 3. The fourth-order valence-electron chi connectivity index (χ4n) is 2.06. The van der Waals surface area contributed by atoms with Gasteiger partial charge in [0, 0.05) is 13.1 Å². The fourth-order valence-corrected chi connectivity index (χ4v) is 2.33. The first-order chi connectivity index (χ1) is 8.17. The van der Waals surface area contributed by atoms with Crippen molar-refractivity contribution in [2.75, 3.05) is 20.2 Å². The maximum absolute atomic E-state index is 11.4. The second kappa shape index (κ2) is 4.94. The number of benzene rings is 1. The van der Waals surface area contributed by atoms with Crippen LogP contribution in [0.15, 0.2) is 18.2 Å². The average Bonchev–Trinajstić information content (AvgIpc) is 2.33. The molecule has 1 heterocycles. The Kier molecular flexibility index (Phi) is 3.54. The molecule has 5 heteroatoms. The molecule has 1 fully saturated rings. The van der Waals surface area contributed by atoms with Gasteiger partial charge < -0.3 is 15.4 Å².